The van der Waals surface area contributed by atoms with Crippen molar-refractivity contribution in [3.8, 4) is 0 Å². The number of rotatable bonds is 8. The van der Waals surface area contributed by atoms with Crippen LogP contribution >= 0.6 is 97.4 Å². The summed E-state index contributed by atoms with van der Waals surface area (Å²) < 4.78 is 8.27. The van der Waals surface area contributed by atoms with E-state index in [1.165, 1.54) is 5.56 Å². The van der Waals surface area contributed by atoms with Gasteiger partial charge < -0.3 is 5.32 Å². The van der Waals surface area contributed by atoms with E-state index in [0.717, 1.165) is 38.0 Å². The number of hydrogen-bond acceptors (Lipinski definition) is 3. The van der Waals surface area contributed by atoms with Crippen molar-refractivity contribution in [1.29, 1.82) is 1.28 Å². The first-order valence-corrected chi connectivity index (χ1v) is 29.5. The molecule has 2 N–H and O–H groups in total. The van der Waals surface area contributed by atoms with Gasteiger partial charge in [-0.1, -0.05) is 41.5 Å². The summed E-state index contributed by atoms with van der Waals surface area (Å²) in [5, 5.41) is 7.67. The Labute approximate surface area is 200 Å². The lowest BCUT2D eigenvalue weighted by atomic mass is 9.93. The van der Waals surface area contributed by atoms with Crippen molar-refractivity contribution in [2.45, 2.75) is 20.3 Å². The van der Waals surface area contributed by atoms with Crippen LogP contribution in [0.1, 0.15) is 25.8 Å². The van der Waals surface area contributed by atoms with E-state index >= 15 is 0 Å². The van der Waals surface area contributed by atoms with Gasteiger partial charge in [0.05, 0.1) is 6.99 Å². The Balaban J connectivity index is 0.000000314. The largest absolute Gasteiger partial charge is 0.385 e. The van der Waals surface area contributed by atoms with Crippen molar-refractivity contribution >= 4 is 109 Å². The molecule has 0 bridgehead atoms. The van der Waals surface area contributed by atoms with Crippen LogP contribution in [0.3, 0.4) is 0 Å². The molecule has 1 aliphatic rings. The second kappa shape index (κ2) is 16.9. The molecule has 0 aromatic heterocycles. The van der Waals surface area contributed by atoms with E-state index < -0.39 is 7.90 Å². The zero-order valence-electron chi connectivity index (χ0n) is 17.7. The quantitative estimate of drug-likeness (QED) is 0.285. The normalized spacial score (nSPS) is 19.6. The highest BCUT2D eigenvalue weighted by Gasteiger charge is 2.20. The molecule has 1 heterocycles. The van der Waals surface area contributed by atoms with E-state index in [2.05, 4.69) is 114 Å². The average molecular weight is 617 g/mol. The lowest BCUT2D eigenvalue weighted by Gasteiger charge is -2.27. The summed E-state index contributed by atoms with van der Waals surface area (Å²) in [6.07, 6.45) is 0.952. The van der Waals surface area contributed by atoms with E-state index in [4.69, 9.17) is 1.28 Å². The van der Waals surface area contributed by atoms with E-state index in [9.17, 15) is 0 Å². The Morgan fingerprint density at radius 1 is 1.24 bits per heavy atom. The number of nitrogens with one attached hydrogen (secondary N) is 2. The van der Waals surface area contributed by atoms with Crippen molar-refractivity contribution < 1.29 is 0 Å². The molecule has 1 aliphatic heterocycles. The van der Waals surface area contributed by atoms with Crippen LogP contribution in [0.5, 0.6) is 0 Å². The molecule has 0 saturated carbocycles. The summed E-state index contributed by atoms with van der Waals surface area (Å²) in [6, 6.07) is 8.42. The van der Waals surface area contributed by atoms with Crippen LogP contribution in [-0.4, -0.2) is 13.5 Å². The zero-order valence-corrected chi connectivity index (χ0v) is 29.1. The molecule has 15 heteroatoms. The van der Waals surface area contributed by atoms with Crippen molar-refractivity contribution in [3.63, 3.8) is 0 Å². The van der Waals surface area contributed by atoms with Gasteiger partial charge in [0.25, 0.3) is 0 Å². The SMILES string of the molecule is C=C1C[C@@H](C)C(c2ccc(NCC)cc2)=NN1.[3H]P(P(P)PP)P(P(P)P)P(P)P. The maximum Gasteiger partial charge on any atom is 0.0711 e. The third-order valence-corrected chi connectivity index (χ3v) is 61.4. The van der Waals surface area contributed by atoms with Crippen LogP contribution in [0, 0.1) is 5.92 Å². The lowest BCUT2D eigenvalue weighted by molar-refractivity contribution is 0.653. The summed E-state index contributed by atoms with van der Waals surface area (Å²) >= 11 is 0. The average Bonchev–Trinajstić information content (AvgIpc) is 2.68. The third kappa shape index (κ3) is 12.1. The highest BCUT2D eigenvalue weighted by molar-refractivity contribution is 9.15. The topological polar surface area (TPSA) is 36.4 Å². The number of nitrogens with zero attached hydrogens (tertiary/aromatic N) is 1. The Morgan fingerprint density at radius 3 is 2.28 bits per heavy atom. The first-order valence-electron chi connectivity index (χ1n) is 9.11. The first kappa shape index (κ1) is 28.6. The Bertz CT molecular complexity index is 681. The van der Waals surface area contributed by atoms with Crippen LogP contribution in [0.25, 0.3) is 0 Å². The summed E-state index contributed by atoms with van der Waals surface area (Å²) in [5.74, 6) is 0.425. The predicted molar refractivity (Wildman–Crippen MR) is 176 cm³/mol. The standard InChI is InChI=1S/C14H19N3.H14P12/c1-4-15-13-7-5-12(6-8-13)14-10(2)9-11(3)16-17-14;1-7-11(6)8-12(9(2)3)10(4)5/h5-8,10,15-16H,3-4,9H2,1-2H3;7-8H,1-6H2/t10-;/m1./s1/i;8T. The zero-order chi connectivity index (χ0) is 22.8. The van der Waals surface area contributed by atoms with Gasteiger partial charge in [0, 0.05) is 23.8 Å². The van der Waals surface area contributed by atoms with Crippen LogP contribution in [0.4, 0.5) is 5.69 Å². The molecule has 1 aromatic rings. The molecule has 0 spiro atoms. The fraction of sp³-hybridized carbons (Fsp3) is 0.357. The molecule has 0 radical (unpaired) electrons. The van der Waals surface area contributed by atoms with Gasteiger partial charge in [0.1, 0.15) is 0 Å². The van der Waals surface area contributed by atoms with Crippen molar-refractivity contribution in [1.82, 2.24) is 5.43 Å². The van der Waals surface area contributed by atoms with Crippen molar-refractivity contribution in [2.24, 2.45) is 11.0 Å². The van der Waals surface area contributed by atoms with Gasteiger partial charge in [0.15, 0.2) is 0 Å². The van der Waals surface area contributed by atoms with Crippen molar-refractivity contribution in [3.05, 3.63) is 42.1 Å². The number of hydrazone groups is 1. The summed E-state index contributed by atoms with van der Waals surface area (Å²) in [7, 11) is 17.8. The molecule has 164 valence electrons. The van der Waals surface area contributed by atoms with E-state index in [1.807, 2.05) is 0 Å². The number of anilines is 1. The molecule has 0 amide bonds. The summed E-state index contributed by atoms with van der Waals surface area (Å²) in [5.41, 5.74) is 7.41. The number of benzene rings is 1. The molecule has 1 aromatic carbocycles. The minimum Gasteiger partial charge on any atom is -0.385 e. The predicted octanol–water partition coefficient (Wildman–Crippen LogP) is 9.55. The second-order valence-corrected chi connectivity index (χ2v) is 47.4. The Kier molecular flexibility index (Phi) is 16.7. The Morgan fingerprint density at radius 2 is 1.83 bits per heavy atom. The highest BCUT2D eigenvalue weighted by atomic mass is 33.2. The minimum atomic E-state index is -0.476. The van der Waals surface area contributed by atoms with Crippen LogP contribution < -0.4 is 10.7 Å². The van der Waals surface area contributed by atoms with Gasteiger partial charge in [0.2, 0.25) is 0 Å². The second-order valence-electron chi connectivity index (χ2n) is 6.02. The molecule has 0 aliphatic carbocycles. The molecule has 0 fully saturated rings. The molecule has 29 heavy (non-hydrogen) atoms. The minimum absolute atomic E-state index is 0.0563. The van der Waals surface area contributed by atoms with Gasteiger partial charge in [-0.3, -0.25) is 5.43 Å². The fourth-order valence-corrected chi connectivity index (χ4v) is 80.7. The molecule has 2 rings (SSSR count). The van der Waals surface area contributed by atoms with Crippen LogP contribution in [-0.2, 0) is 0 Å². The van der Waals surface area contributed by atoms with Gasteiger partial charge in [-0.2, -0.15) is 5.10 Å². The van der Waals surface area contributed by atoms with Gasteiger partial charge in [-0.25, -0.2) is 0 Å². The molecule has 3 nitrogen and oxygen atoms in total. The number of allylic oxidation sites excluding steroid dienone is 1. The van der Waals surface area contributed by atoms with Crippen LogP contribution in [0.2, 0.25) is 0 Å². The van der Waals surface area contributed by atoms with E-state index in [0.29, 0.717) is 5.92 Å². The van der Waals surface area contributed by atoms with Crippen molar-refractivity contribution in [2.75, 3.05) is 11.9 Å². The van der Waals surface area contributed by atoms with E-state index in [1.54, 1.807) is 0 Å². The van der Waals surface area contributed by atoms with Gasteiger partial charge in [-0.05, 0) is 59.0 Å². The maximum atomic E-state index is 8.27. The lowest BCUT2D eigenvalue weighted by Crippen LogP contribution is -2.25. The smallest absolute Gasteiger partial charge is 0.0711 e. The highest BCUT2D eigenvalue weighted by Crippen LogP contribution is 3.09. The fourth-order valence-electron chi connectivity index (χ4n) is 2.40. The summed E-state index contributed by atoms with van der Waals surface area (Å²) in [6.45, 7) is 8.84. The maximum absolute atomic E-state index is 8.27. The molecular weight excluding hydrogens is 582 g/mol. The van der Waals surface area contributed by atoms with Gasteiger partial charge in [-0.15, -0.1) is 53.6 Å². The molecule has 0 saturated heterocycles. The monoisotopic (exact) mass is 617 g/mol. The summed E-state index contributed by atoms with van der Waals surface area (Å²) in [4.78, 5) is 0. The van der Waals surface area contributed by atoms with Gasteiger partial charge >= 0.3 is 0 Å². The molecular formula is C14H33N3P12. The number of hydrogen-bond donors (Lipinski definition) is 2. The third-order valence-electron chi connectivity index (χ3n) is 3.64. The Hall–Kier alpha value is 3.39. The first-order chi connectivity index (χ1) is 14.1. The molecule has 10 atom stereocenters. The molecule has 9 unspecified atom stereocenters. The van der Waals surface area contributed by atoms with Crippen LogP contribution in [0.15, 0.2) is 41.6 Å². The van der Waals surface area contributed by atoms with E-state index in [-0.39, 0.29) is 27.9 Å².